The number of hydrogen-bond donors (Lipinski definition) is 2. The number of aliphatic carboxylic acids is 1. The predicted molar refractivity (Wildman–Crippen MR) is 54.8 cm³/mol. The summed E-state index contributed by atoms with van der Waals surface area (Å²) in [5.41, 5.74) is 3.03. The Morgan fingerprint density at radius 2 is 2.27 bits per heavy atom. The molecule has 5 heteroatoms. The summed E-state index contributed by atoms with van der Waals surface area (Å²) >= 11 is 0. The minimum atomic E-state index is -0.794. The minimum absolute atomic E-state index is 0.0683. The summed E-state index contributed by atoms with van der Waals surface area (Å²) < 4.78 is 1.71. The minimum Gasteiger partial charge on any atom is -0.481 e. The van der Waals surface area contributed by atoms with Gasteiger partial charge >= 0.3 is 5.97 Å². The third kappa shape index (κ3) is 2.02. The second-order valence-corrected chi connectivity index (χ2v) is 3.82. The number of carboxylic acids is 1. The molecule has 15 heavy (non-hydrogen) atoms. The number of fused-ring (bicyclic) bond motifs is 1. The Kier molecular flexibility index (Phi) is 2.73. The molecule has 0 saturated carbocycles. The van der Waals surface area contributed by atoms with Gasteiger partial charge in [-0.2, -0.15) is 5.10 Å². The zero-order chi connectivity index (χ0) is 10.8. The molecule has 1 aromatic rings. The monoisotopic (exact) mass is 209 g/mol. The first-order valence-electron chi connectivity index (χ1n) is 5.14. The van der Waals surface area contributed by atoms with Gasteiger partial charge in [0.1, 0.15) is 0 Å². The Morgan fingerprint density at radius 1 is 1.53 bits per heavy atom. The number of nitrogens with zero attached hydrogens (tertiary/aromatic N) is 2. The fourth-order valence-corrected chi connectivity index (χ4v) is 2.06. The van der Waals surface area contributed by atoms with Crippen LogP contribution >= 0.6 is 0 Å². The lowest BCUT2D eigenvalue weighted by atomic mass is 10.1. The van der Waals surface area contributed by atoms with Crippen molar-refractivity contribution in [2.24, 2.45) is 7.05 Å². The van der Waals surface area contributed by atoms with Crippen LogP contribution in [0.25, 0.3) is 0 Å². The van der Waals surface area contributed by atoms with Crippen LogP contribution in [0, 0.1) is 0 Å². The zero-order valence-corrected chi connectivity index (χ0v) is 8.79. The molecule has 0 spiro atoms. The summed E-state index contributed by atoms with van der Waals surface area (Å²) in [6.45, 7) is 1.84. The maximum absolute atomic E-state index is 10.7. The number of nitrogens with one attached hydrogen (secondary N) is 1. The quantitative estimate of drug-likeness (QED) is 0.704. The van der Waals surface area contributed by atoms with Crippen LogP contribution < -0.4 is 5.32 Å². The highest BCUT2D eigenvalue weighted by molar-refractivity contribution is 5.70. The van der Waals surface area contributed by atoms with Gasteiger partial charge in [-0.3, -0.25) is 9.48 Å². The summed E-state index contributed by atoms with van der Waals surface area (Å²) in [4.78, 5) is 10.7. The molecule has 5 nitrogen and oxygen atoms in total. The molecule has 2 rings (SSSR count). The van der Waals surface area contributed by atoms with Crippen molar-refractivity contribution in [2.45, 2.75) is 19.3 Å². The molecule has 0 radical (unpaired) electrons. The highest BCUT2D eigenvalue weighted by atomic mass is 16.4. The molecule has 2 N–H and O–H groups in total. The van der Waals surface area contributed by atoms with E-state index in [0.29, 0.717) is 0 Å². The second-order valence-electron chi connectivity index (χ2n) is 3.82. The van der Waals surface area contributed by atoms with E-state index in [9.17, 15) is 4.79 Å². The molecule has 0 fully saturated rings. The first-order chi connectivity index (χ1) is 7.18. The Morgan fingerprint density at radius 3 is 3.00 bits per heavy atom. The predicted octanol–water partition coefficient (Wildman–Crippen LogP) is -0.265. The fourth-order valence-electron chi connectivity index (χ4n) is 2.06. The molecule has 0 saturated heterocycles. The Hall–Kier alpha value is -1.36. The van der Waals surface area contributed by atoms with E-state index in [1.807, 2.05) is 7.05 Å². The van der Waals surface area contributed by atoms with E-state index in [0.717, 1.165) is 42.9 Å². The molecule has 0 amide bonds. The van der Waals surface area contributed by atoms with Crippen LogP contribution in [0.5, 0.6) is 0 Å². The van der Waals surface area contributed by atoms with Crippen molar-refractivity contribution in [1.82, 2.24) is 15.1 Å². The Balaban J connectivity index is 2.35. The number of aromatic nitrogens is 2. The molecular formula is C10H15N3O2. The second kappa shape index (κ2) is 4.02. The Bertz CT molecular complexity index is 384. The average Bonchev–Trinajstić information content (AvgIpc) is 2.39. The molecule has 1 aliphatic rings. The molecule has 0 aromatic carbocycles. The van der Waals surface area contributed by atoms with Gasteiger partial charge in [0.25, 0.3) is 0 Å². The maximum atomic E-state index is 10.7. The van der Waals surface area contributed by atoms with Crippen LogP contribution in [-0.4, -0.2) is 33.9 Å². The first-order valence-corrected chi connectivity index (χ1v) is 5.14. The molecule has 0 unspecified atom stereocenters. The lowest BCUT2D eigenvalue weighted by Gasteiger charge is -2.02. The molecule has 2 heterocycles. The molecule has 0 bridgehead atoms. The van der Waals surface area contributed by atoms with Crippen LogP contribution in [-0.2, 0) is 31.1 Å². The maximum Gasteiger partial charge on any atom is 0.309 e. The van der Waals surface area contributed by atoms with Crippen LogP contribution in [0.15, 0.2) is 0 Å². The number of carbonyl (C=O) groups is 1. The number of rotatable bonds is 2. The topological polar surface area (TPSA) is 67.2 Å². The molecule has 0 atom stereocenters. The van der Waals surface area contributed by atoms with Crippen molar-refractivity contribution in [1.29, 1.82) is 0 Å². The van der Waals surface area contributed by atoms with Gasteiger partial charge in [-0.15, -0.1) is 0 Å². The average molecular weight is 209 g/mol. The van der Waals surface area contributed by atoms with Crippen molar-refractivity contribution in [3.63, 3.8) is 0 Å². The molecule has 1 aromatic heterocycles. The largest absolute Gasteiger partial charge is 0.481 e. The van der Waals surface area contributed by atoms with Crippen molar-refractivity contribution in [3.8, 4) is 0 Å². The van der Waals surface area contributed by atoms with E-state index in [1.165, 1.54) is 0 Å². The number of hydrogen-bond acceptors (Lipinski definition) is 3. The van der Waals surface area contributed by atoms with Gasteiger partial charge in [0.2, 0.25) is 0 Å². The lowest BCUT2D eigenvalue weighted by molar-refractivity contribution is -0.136. The summed E-state index contributed by atoms with van der Waals surface area (Å²) in [5.74, 6) is -0.794. The SMILES string of the molecule is Cn1nc2c(c1CC(=O)O)CCNCC2. The van der Waals surface area contributed by atoms with Gasteiger partial charge in [0.05, 0.1) is 17.8 Å². The van der Waals surface area contributed by atoms with Crippen molar-refractivity contribution in [3.05, 3.63) is 17.0 Å². The third-order valence-electron chi connectivity index (χ3n) is 2.77. The van der Waals surface area contributed by atoms with E-state index in [-0.39, 0.29) is 6.42 Å². The standard InChI is InChI=1S/C10H15N3O2/c1-13-9(6-10(14)15)7-2-4-11-5-3-8(7)12-13/h11H,2-6H2,1H3,(H,14,15). The Labute approximate surface area is 88.1 Å². The van der Waals surface area contributed by atoms with E-state index in [1.54, 1.807) is 4.68 Å². The van der Waals surface area contributed by atoms with E-state index >= 15 is 0 Å². The van der Waals surface area contributed by atoms with Crippen molar-refractivity contribution in [2.75, 3.05) is 13.1 Å². The molecular weight excluding hydrogens is 194 g/mol. The first kappa shape index (κ1) is 10.2. The summed E-state index contributed by atoms with van der Waals surface area (Å²) in [5, 5.41) is 16.5. The zero-order valence-electron chi connectivity index (χ0n) is 8.79. The van der Waals surface area contributed by atoms with Gasteiger partial charge in [-0.05, 0) is 18.5 Å². The normalized spacial score (nSPS) is 15.8. The molecule has 82 valence electrons. The van der Waals surface area contributed by atoms with Gasteiger partial charge in [0, 0.05) is 20.0 Å². The summed E-state index contributed by atoms with van der Waals surface area (Å²) in [6.07, 6.45) is 1.84. The molecule has 1 aliphatic heterocycles. The van der Waals surface area contributed by atoms with Crippen molar-refractivity contribution >= 4 is 5.97 Å². The van der Waals surface area contributed by atoms with Gasteiger partial charge < -0.3 is 10.4 Å². The van der Waals surface area contributed by atoms with Crippen LogP contribution in [0.4, 0.5) is 0 Å². The summed E-state index contributed by atoms with van der Waals surface area (Å²) in [7, 11) is 1.82. The fraction of sp³-hybridized carbons (Fsp3) is 0.600. The van der Waals surface area contributed by atoms with Crippen LogP contribution in [0.2, 0.25) is 0 Å². The van der Waals surface area contributed by atoms with Gasteiger partial charge in [-0.25, -0.2) is 0 Å². The van der Waals surface area contributed by atoms with E-state index < -0.39 is 5.97 Å². The number of carboxylic acid groups (broad SMARTS) is 1. The number of aryl methyl sites for hydroxylation is 1. The third-order valence-corrected chi connectivity index (χ3v) is 2.77. The van der Waals surface area contributed by atoms with Crippen LogP contribution in [0.1, 0.15) is 17.0 Å². The smallest absolute Gasteiger partial charge is 0.309 e. The highest BCUT2D eigenvalue weighted by Crippen LogP contribution is 2.17. The van der Waals surface area contributed by atoms with E-state index in [2.05, 4.69) is 10.4 Å². The van der Waals surface area contributed by atoms with Gasteiger partial charge in [-0.1, -0.05) is 0 Å². The van der Waals surface area contributed by atoms with Gasteiger partial charge in [0.15, 0.2) is 0 Å². The van der Waals surface area contributed by atoms with Crippen LogP contribution in [0.3, 0.4) is 0 Å². The summed E-state index contributed by atoms with van der Waals surface area (Å²) in [6, 6.07) is 0. The van der Waals surface area contributed by atoms with E-state index in [4.69, 9.17) is 5.11 Å². The van der Waals surface area contributed by atoms with Crippen molar-refractivity contribution < 1.29 is 9.90 Å². The highest BCUT2D eigenvalue weighted by Gasteiger charge is 2.19. The lowest BCUT2D eigenvalue weighted by Crippen LogP contribution is -2.17. The molecule has 0 aliphatic carbocycles.